The van der Waals surface area contributed by atoms with Crippen LogP contribution >= 0.6 is 21.6 Å². The van der Waals surface area contributed by atoms with Crippen molar-refractivity contribution in [1.82, 2.24) is 5.32 Å². The van der Waals surface area contributed by atoms with Crippen LogP contribution in [0.15, 0.2) is 48.5 Å². The van der Waals surface area contributed by atoms with Gasteiger partial charge in [0.1, 0.15) is 18.4 Å². The average Bonchev–Trinajstić information content (AvgIpc) is 3.02. The topological polar surface area (TPSA) is 113 Å². The van der Waals surface area contributed by atoms with Crippen LogP contribution in [0.25, 0.3) is 11.1 Å². The molecule has 7 nitrogen and oxygen atoms in total. The van der Waals surface area contributed by atoms with Crippen molar-refractivity contribution < 1.29 is 29.3 Å². The summed E-state index contributed by atoms with van der Waals surface area (Å²) in [4.78, 5) is 34.0. The summed E-state index contributed by atoms with van der Waals surface area (Å²) in [5.41, 5.74) is 4.34. The molecule has 2 aromatic carbocycles. The Morgan fingerprint density at radius 2 is 1.55 bits per heavy atom. The van der Waals surface area contributed by atoms with E-state index in [1.54, 1.807) is 0 Å². The smallest absolute Gasteiger partial charge is 0.407 e. The van der Waals surface area contributed by atoms with Crippen molar-refractivity contribution in [3.05, 3.63) is 59.7 Å². The normalized spacial score (nSPS) is 13.2. The fraction of sp³-hybridized carbons (Fsp3) is 0.250. The molecule has 9 heteroatoms. The second kappa shape index (κ2) is 9.71. The second-order valence-electron chi connectivity index (χ2n) is 6.30. The van der Waals surface area contributed by atoms with Crippen LogP contribution in [0.2, 0.25) is 0 Å². The van der Waals surface area contributed by atoms with Crippen molar-refractivity contribution in [2.24, 2.45) is 0 Å². The number of carboxylic acid groups (broad SMARTS) is 2. The number of carboxylic acids is 2. The molecule has 0 bridgehead atoms. The molecule has 0 saturated heterocycles. The van der Waals surface area contributed by atoms with Gasteiger partial charge in [-0.2, -0.15) is 0 Å². The molecular weight excluding hydrogens is 414 g/mol. The molecule has 1 amide bonds. The summed E-state index contributed by atoms with van der Waals surface area (Å²) in [6.45, 7) is 0.0904. The lowest BCUT2D eigenvalue weighted by molar-refractivity contribution is -0.138. The molecule has 0 saturated carbocycles. The van der Waals surface area contributed by atoms with Crippen LogP contribution in [0.4, 0.5) is 4.79 Å². The molecule has 0 radical (unpaired) electrons. The first kappa shape index (κ1) is 21.1. The van der Waals surface area contributed by atoms with Gasteiger partial charge < -0.3 is 20.3 Å². The van der Waals surface area contributed by atoms with Gasteiger partial charge in [0.05, 0.1) is 0 Å². The maximum Gasteiger partial charge on any atom is 0.407 e. The van der Waals surface area contributed by atoms with Crippen LogP contribution < -0.4 is 5.32 Å². The van der Waals surface area contributed by atoms with Crippen LogP contribution in [0, 0.1) is 0 Å². The number of rotatable bonds is 9. The van der Waals surface area contributed by atoms with Crippen LogP contribution in [0.1, 0.15) is 17.0 Å². The molecule has 0 aliphatic heterocycles. The first-order valence-corrected chi connectivity index (χ1v) is 11.3. The van der Waals surface area contributed by atoms with Gasteiger partial charge in [-0.15, -0.1) is 0 Å². The minimum atomic E-state index is -1.21. The highest BCUT2D eigenvalue weighted by Gasteiger charge is 2.29. The summed E-state index contributed by atoms with van der Waals surface area (Å²) in [6.07, 6.45) is -0.817. The molecule has 0 aromatic heterocycles. The van der Waals surface area contributed by atoms with E-state index < -0.39 is 24.1 Å². The number of carbonyl (C=O) groups is 3. The van der Waals surface area contributed by atoms with Gasteiger partial charge in [-0.3, -0.25) is 4.79 Å². The van der Waals surface area contributed by atoms with Gasteiger partial charge in [0.25, 0.3) is 0 Å². The fourth-order valence-electron chi connectivity index (χ4n) is 3.17. The number of ether oxygens (including phenoxy) is 1. The molecule has 1 aliphatic carbocycles. The Morgan fingerprint density at radius 3 is 2.10 bits per heavy atom. The number of hydrogen-bond acceptors (Lipinski definition) is 6. The molecule has 0 fully saturated rings. The Morgan fingerprint density at radius 1 is 0.966 bits per heavy atom. The third-order valence-corrected chi connectivity index (χ3v) is 6.70. The van der Waals surface area contributed by atoms with Crippen molar-refractivity contribution in [1.29, 1.82) is 0 Å². The lowest BCUT2D eigenvalue weighted by Gasteiger charge is -2.17. The number of carbonyl (C=O) groups excluding carboxylic acids is 1. The maximum atomic E-state index is 12.2. The van der Waals surface area contributed by atoms with E-state index in [1.165, 1.54) is 0 Å². The van der Waals surface area contributed by atoms with E-state index in [0.29, 0.717) is 0 Å². The van der Waals surface area contributed by atoms with E-state index in [4.69, 9.17) is 9.84 Å². The number of fused-ring (bicyclic) bond motifs is 3. The van der Waals surface area contributed by atoms with Gasteiger partial charge in [0, 0.05) is 11.7 Å². The lowest BCUT2D eigenvalue weighted by Crippen LogP contribution is -2.43. The van der Waals surface area contributed by atoms with Crippen molar-refractivity contribution in [3.8, 4) is 11.1 Å². The summed E-state index contributed by atoms with van der Waals surface area (Å²) in [5, 5.41) is 20.2. The third kappa shape index (κ3) is 5.24. The molecular formula is C20H19NO6S2. The van der Waals surface area contributed by atoms with E-state index >= 15 is 0 Å². The van der Waals surface area contributed by atoms with Gasteiger partial charge in [-0.25, -0.2) is 9.59 Å². The van der Waals surface area contributed by atoms with Crippen LogP contribution in [-0.2, 0) is 14.3 Å². The summed E-state index contributed by atoms with van der Waals surface area (Å²) in [6, 6.07) is 14.7. The minimum Gasteiger partial charge on any atom is -0.481 e. The maximum absolute atomic E-state index is 12.2. The van der Waals surface area contributed by atoms with Gasteiger partial charge in [0.2, 0.25) is 0 Å². The quantitative estimate of drug-likeness (QED) is 0.407. The number of nitrogens with one attached hydrogen (secondary N) is 1. The number of aliphatic carboxylic acids is 2. The van der Waals surface area contributed by atoms with Gasteiger partial charge >= 0.3 is 18.0 Å². The molecule has 1 aliphatic rings. The first-order valence-electron chi connectivity index (χ1n) is 8.78. The SMILES string of the molecule is O=C(O)CSSC[C@H](NC(=O)OCC1c2ccccc2-c2ccccc21)C(=O)O. The number of hydrogen-bond donors (Lipinski definition) is 3. The Bertz CT molecular complexity index is 874. The highest BCUT2D eigenvalue weighted by molar-refractivity contribution is 8.76. The number of alkyl carbamates (subject to hydrolysis) is 1. The standard InChI is InChI=1S/C20H19NO6S2/c22-18(23)11-29-28-10-17(19(24)25)21-20(26)27-9-16-14-7-3-1-5-12(14)13-6-2-4-8-15(13)16/h1-8,16-17H,9-11H2,(H,21,26)(H,22,23)(H,24,25)/t17-/m0/s1. The van der Waals surface area contributed by atoms with Crippen molar-refractivity contribution in [2.45, 2.75) is 12.0 Å². The number of amides is 1. The second-order valence-corrected chi connectivity index (χ2v) is 8.81. The lowest BCUT2D eigenvalue weighted by atomic mass is 9.98. The molecule has 29 heavy (non-hydrogen) atoms. The molecule has 152 valence electrons. The predicted molar refractivity (Wildman–Crippen MR) is 112 cm³/mol. The monoisotopic (exact) mass is 433 g/mol. The van der Waals surface area contributed by atoms with Gasteiger partial charge in [0.15, 0.2) is 0 Å². The van der Waals surface area contributed by atoms with Gasteiger partial charge in [-0.1, -0.05) is 70.1 Å². The largest absolute Gasteiger partial charge is 0.481 e. The third-order valence-electron chi connectivity index (χ3n) is 4.43. The highest BCUT2D eigenvalue weighted by Crippen LogP contribution is 2.44. The summed E-state index contributed by atoms with van der Waals surface area (Å²) < 4.78 is 5.34. The zero-order valence-corrected chi connectivity index (χ0v) is 16.9. The Kier molecular flexibility index (Phi) is 7.05. The highest BCUT2D eigenvalue weighted by atomic mass is 33.1. The van der Waals surface area contributed by atoms with Crippen LogP contribution in [-0.4, -0.2) is 52.4 Å². The number of benzene rings is 2. The van der Waals surface area contributed by atoms with Crippen LogP contribution in [0.3, 0.4) is 0 Å². The van der Waals surface area contributed by atoms with E-state index in [1.807, 2.05) is 48.5 Å². The van der Waals surface area contributed by atoms with E-state index in [2.05, 4.69) is 5.32 Å². The fourth-order valence-corrected chi connectivity index (χ4v) is 5.06. The van der Waals surface area contributed by atoms with Gasteiger partial charge in [-0.05, 0) is 22.3 Å². The summed E-state index contributed by atoms with van der Waals surface area (Å²) in [5.74, 6) is -2.43. The first-order chi connectivity index (χ1) is 14.0. The average molecular weight is 434 g/mol. The zero-order valence-electron chi connectivity index (χ0n) is 15.2. The molecule has 0 unspecified atom stereocenters. The molecule has 3 N–H and O–H groups in total. The van der Waals surface area contributed by atoms with E-state index in [-0.39, 0.29) is 24.0 Å². The molecule has 0 spiro atoms. The Labute approximate surface area is 175 Å². The molecule has 3 rings (SSSR count). The molecule has 1 atom stereocenters. The minimum absolute atomic E-state index is 0.0253. The van der Waals surface area contributed by atoms with Crippen molar-refractivity contribution in [3.63, 3.8) is 0 Å². The zero-order chi connectivity index (χ0) is 20.8. The van der Waals surface area contributed by atoms with Crippen molar-refractivity contribution in [2.75, 3.05) is 18.1 Å². The Balaban J connectivity index is 1.58. The van der Waals surface area contributed by atoms with Crippen LogP contribution in [0.5, 0.6) is 0 Å². The van der Waals surface area contributed by atoms with E-state index in [9.17, 15) is 19.5 Å². The van der Waals surface area contributed by atoms with E-state index in [0.717, 1.165) is 43.8 Å². The van der Waals surface area contributed by atoms with Crippen molar-refractivity contribution >= 4 is 39.6 Å². The Hall–Kier alpha value is -2.65. The predicted octanol–water partition coefficient (Wildman–Crippen LogP) is 3.44. The molecule has 2 aromatic rings. The summed E-state index contributed by atoms with van der Waals surface area (Å²) in [7, 11) is 2.08. The summed E-state index contributed by atoms with van der Waals surface area (Å²) >= 11 is 0. The molecule has 0 heterocycles.